The molecule has 15 heavy (non-hydrogen) atoms. The average molecular weight is 216 g/mol. The first-order chi connectivity index (χ1) is 7.04. The van der Waals surface area contributed by atoms with Gasteiger partial charge in [0.2, 0.25) is 0 Å². The molecule has 1 aromatic rings. The first kappa shape index (κ1) is 11.6. The maximum atomic E-state index is 13.1. The molecule has 1 atom stereocenters. The smallest absolute Gasteiger partial charge is 0.309 e. The van der Waals surface area contributed by atoms with E-state index in [2.05, 4.69) is 0 Å². The molecular weight excluding hydrogens is 206 g/mol. The molecule has 0 aliphatic heterocycles. The number of aliphatic hydroxyl groups is 1. The van der Waals surface area contributed by atoms with Crippen molar-refractivity contribution in [3.63, 3.8) is 0 Å². The summed E-state index contributed by atoms with van der Waals surface area (Å²) in [6.45, 7) is -0.577. The Kier molecular flexibility index (Phi) is 3.74. The summed E-state index contributed by atoms with van der Waals surface area (Å²) in [6.07, 6.45) is -0.155. The summed E-state index contributed by atoms with van der Waals surface area (Å²) in [6, 6.07) is 2.91. The minimum absolute atomic E-state index is 0.0813. The maximum absolute atomic E-state index is 13.1. The van der Waals surface area contributed by atoms with E-state index in [1.54, 1.807) is 0 Å². The van der Waals surface area contributed by atoms with Crippen molar-refractivity contribution >= 4 is 5.97 Å². The summed E-state index contributed by atoms with van der Waals surface area (Å²) in [5, 5.41) is 17.3. The standard InChI is InChI=1S/C10H10F2O3/c11-8-2-1-6(9(12)4-8)3-7(5-13)10(14)15/h1-2,4,7,13H,3,5H2,(H,14,15). The molecule has 0 aliphatic rings. The lowest BCUT2D eigenvalue weighted by molar-refractivity contribution is -0.143. The number of carboxylic acid groups (broad SMARTS) is 1. The number of benzene rings is 1. The van der Waals surface area contributed by atoms with E-state index in [1.807, 2.05) is 0 Å². The molecular formula is C10H10F2O3. The van der Waals surface area contributed by atoms with Crippen LogP contribution in [0.15, 0.2) is 18.2 Å². The van der Waals surface area contributed by atoms with Gasteiger partial charge < -0.3 is 10.2 Å². The fraction of sp³-hybridized carbons (Fsp3) is 0.300. The van der Waals surface area contributed by atoms with Gasteiger partial charge in [-0.3, -0.25) is 4.79 Å². The topological polar surface area (TPSA) is 57.5 Å². The highest BCUT2D eigenvalue weighted by atomic mass is 19.1. The number of rotatable bonds is 4. The molecule has 0 aliphatic carbocycles. The van der Waals surface area contributed by atoms with E-state index in [-0.39, 0.29) is 12.0 Å². The molecule has 0 bridgehead atoms. The second kappa shape index (κ2) is 4.84. The van der Waals surface area contributed by atoms with E-state index >= 15 is 0 Å². The van der Waals surface area contributed by atoms with Gasteiger partial charge >= 0.3 is 5.97 Å². The summed E-state index contributed by atoms with van der Waals surface area (Å²) < 4.78 is 25.6. The molecule has 1 aromatic carbocycles. The van der Waals surface area contributed by atoms with Crippen molar-refractivity contribution in [3.8, 4) is 0 Å². The summed E-state index contributed by atoms with van der Waals surface area (Å²) in [4.78, 5) is 10.6. The number of aliphatic hydroxyl groups excluding tert-OH is 1. The minimum atomic E-state index is -1.21. The molecule has 2 N–H and O–H groups in total. The zero-order chi connectivity index (χ0) is 11.4. The Labute approximate surface area is 85.0 Å². The van der Waals surface area contributed by atoms with E-state index in [4.69, 9.17) is 10.2 Å². The third kappa shape index (κ3) is 2.99. The molecule has 1 rings (SSSR count). The van der Waals surface area contributed by atoms with Gasteiger partial charge in [-0.25, -0.2) is 8.78 Å². The SMILES string of the molecule is O=C(O)C(CO)Cc1ccc(F)cc1F. The Balaban J connectivity index is 2.84. The Morgan fingerprint density at radius 2 is 2.07 bits per heavy atom. The summed E-state index contributed by atoms with van der Waals surface area (Å²) >= 11 is 0. The van der Waals surface area contributed by atoms with Crippen LogP contribution < -0.4 is 0 Å². The molecule has 0 saturated carbocycles. The molecule has 5 heteroatoms. The first-order valence-electron chi connectivity index (χ1n) is 4.32. The third-order valence-corrected chi connectivity index (χ3v) is 2.05. The molecule has 82 valence electrons. The lowest BCUT2D eigenvalue weighted by Gasteiger charge is -2.09. The normalized spacial score (nSPS) is 12.5. The molecule has 3 nitrogen and oxygen atoms in total. The number of aliphatic carboxylic acids is 1. The van der Waals surface area contributed by atoms with Crippen molar-refractivity contribution in [1.82, 2.24) is 0 Å². The molecule has 0 heterocycles. The van der Waals surface area contributed by atoms with Crippen LogP contribution in [0.25, 0.3) is 0 Å². The number of halogens is 2. The zero-order valence-corrected chi connectivity index (χ0v) is 7.78. The van der Waals surface area contributed by atoms with E-state index in [0.717, 1.165) is 6.07 Å². The van der Waals surface area contributed by atoms with Crippen molar-refractivity contribution in [2.24, 2.45) is 5.92 Å². The van der Waals surface area contributed by atoms with Gasteiger partial charge in [-0.15, -0.1) is 0 Å². The highest BCUT2D eigenvalue weighted by Crippen LogP contribution is 2.14. The van der Waals surface area contributed by atoms with E-state index in [0.29, 0.717) is 6.07 Å². The second-order valence-electron chi connectivity index (χ2n) is 3.16. The fourth-order valence-corrected chi connectivity index (χ4v) is 1.18. The Morgan fingerprint density at radius 1 is 1.40 bits per heavy atom. The Bertz CT molecular complexity index is 366. The molecule has 0 aromatic heterocycles. The van der Waals surface area contributed by atoms with E-state index in [9.17, 15) is 13.6 Å². The van der Waals surface area contributed by atoms with E-state index in [1.165, 1.54) is 6.07 Å². The van der Waals surface area contributed by atoms with Crippen LogP contribution in [0.3, 0.4) is 0 Å². The maximum Gasteiger partial charge on any atom is 0.309 e. The van der Waals surface area contributed by atoms with Gasteiger partial charge in [-0.2, -0.15) is 0 Å². The largest absolute Gasteiger partial charge is 0.481 e. The van der Waals surface area contributed by atoms with Crippen molar-refractivity contribution < 1.29 is 23.8 Å². The van der Waals surface area contributed by atoms with Crippen LogP contribution in [0.2, 0.25) is 0 Å². The van der Waals surface area contributed by atoms with Gasteiger partial charge in [0.25, 0.3) is 0 Å². The van der Waals surface area contributed by atoms with Crippen LogP contribution in [0.4, 0.5) is 8.78 Å². The van der Waals surface area contributed by atoms with Gasteiger partial charge in [0, 0.05) is 6.07 Å². The van der Waals surface area contributed by atoms with Crippen molar-refractivity contribution in [3.05, 3.63) is 35.4 Å². The van der Waals surface area contributed by atoms with E-state index < -0.39 is 30.1 Å². The second-order valence-corrected chi connectivity index (χ2v) is 3.16. The van der Waals surface area contributed by atoms with Crippen LogP contribution in [0.5, 0.6) is 0 Å². The first-order valence-corrected chi connectivity index (χ1v) is 4.32. The number of carboxylic acids is 1. The monoisotopic (exact) mass is 216 g/mol. The van der Waals surface area contributed by atoms with Gasteiger partial charge in [0.05, 0.1) is 12.5 Å². The quantitative estimate of drug-likeness (QED) is 0.795. The molecule has 0 amide bonds. The molecule has 1 unspecified atom stereocenters. The van der Waals surface area contributed by atoms with Crippen molar-refractivity contribution in [1.29, 1.82) is 0 Å². The van der Waals surface area contributed by atoms with Gasteiger partial charge in [-0.1, -0.05) is 6.07 Å². The lowest BCUT2D eigenvalue weighted by atomic mass is 10.00. The van der Waals surface area contributed by atoms with Crippen molar-refractivity contribution in [2.45, 2.75) is 6.42 Å². The lowest BCUT2D eigenvalue weighted by Crippen LogP contribution is -2.20. The average Bonchev–Trinajstić information content (AvgIpc) is 2.16. The van der Waals surface area contributed by atoms with Crippen LogP contribution in [0, 0.1) is 17.6 Å². The molecule has 0 saturated heterocycles. The molecule has 0 fully saturated rings. The number of hydrogen-bond acceptors (Lipinski definition) is 2. The summed E-state index contributed by atoms with van der Waals surface area (Å²) in [5.74, 6) is -3.78. The predicted molar refractivity (Wildman–Crippen MR) is 48.3 cm³/mol. The summed E-state index contributed by atoms with van der Waals surface area (Å²) in [5.41, 5.74) is 0.0813. The third-order valence-electron chi connectivity index (χ3n) is 2.05. The van der Waals surface area contributed by atoms with Crippen LogP contribution >= 0.6 is 0 Å². The van der Waals surface area contributed by atoms with Crippen LogP contribution in [-0.2, 0) is 11.2 Å². The number of hydrogen-bond donors (Lipinski definition) is 2. The minimum Gasteiger partial charge on any atom is -0.481 e. The Hall–Kier alpha value is -1.49. The van der Waals surface area contributed by atoms with Gasteiger partial charge in [0.15, 0.2) is 0 Å². The van der Waals surface area contributed by atoms with Gasteiger partial charge in [-0.05, 0) is 18.1 Å². The predicted octanol–water partition coefficient (Wildman–Crippen LogP) is 1.20. The zero-order valence-electron chi connectivity index (χ0n) is 7.78. The summed E-state index contributed by atoms with van der Waals surface area (Å²) in [7, 11) is 0. The molecule has 0 spiro atoms. The Morgan fingerprint density at radius 3 is 2.53 bits per heavy atom. The highest BCUT2D eigenvalue weighted by molar-refractivity contribution is 5.70. The van der Waals surface area contributed by atoms with Gasteiger partial charge in [0.1, 0.15) is 11.6 Å². The van der Waals surface area contributed by atoms with Crippen molar-refractivity contribution in [2.75, 3.05) is 6.61 Å². The van der Waals surface area contributed by atoms with Crippen LogP contribution in [-0.4, -0.2) is 22.8 Å². The number of carbonyl (C=O) groups is 1. The fourth-order valence-electron chi connectivity index (χ4n) is 1.18. The van der Waals surface area contributed by atoms with Crippen LogP contribution in [0.1, 0.15) is 5.56 Å². The highest BCUT2D eigenvalue weighted by Gasteiger charge is 2.18. The molecule has 0 radical (unpaired) electrons.